The lowest BCUT2D eigenvalue weighted by Gasteiger charge is -2.54. The van der Waals surface area contributed by atoms with Crippen LogP contribution in [0.1, 0.15) is 133 Å². The van der Waals surface area contributed by atoms with E-state index in [-0.39, 0.29) is 47.8 Å². The van der Waals surface area contributed by atoms with E-state index in [1.54, 1.807) is 0 Å². The molecule has 0 aromatic rings. The van der Waals surface area contributed by atoms with Gasteiger partial charge in [0, 0.05) is 30.1 Å². The van der Waals surface area contributed by atoms with E-state index in [1.807, 2.05) is 39.8 Å². The first kappa shape index (κ1) is 41.8. The highest BCUT2D eigenvalue weighted by molar-refractivity contribution is 5.84. The maximum atomic E-state index is 14.4. The number of hydrogen-bond donors (Lipinski definition) is 3. The van der Waals surface area contributed by atoms with Crippen molar-refractivity contribution < 1.29 is 43.5 Å². The molecular formula is C42H71NO9. The molecule has 0 saturated carbocycles. The van der Waals surface area contributed by atoms with Crippen LogP contribution in [-0.4, -0.2) is 81.8 Å². The Kier molecular flexibility index (Phi) is 13.1. The molecule has 18 atom stereocenters. The van der Waals surface area contributed by atoms with Crippen LogP contribution in [0.25, 0.3) is 0 Å². The van der Waals surface area contributed by atoms with Crippen molar-refractivity contribution in [3.63, 3.8) is 0 Å². The second-order valence-electron chi connectivity index (χ2n) is 17.8. The standard InChI is InChI=1S/C42H71NO9/c1-11-29-15-17-34(48-28(29)9)40(10)20-21-42(51-40)33(43)18-19-41(52-42)25(6)22-24(5)38(50-41)31(13-3)36(45)26(7)35(44)27(8)37-23(4)14-16-32(49-37)30(12-2)39(46)47/h18-19,23-35,37-38,44H,11-17,20-22,43H2,1-10H3,(H,46,47)/t23-,24-,25+,26-,27-,28-,29?,30?,31?,32+,33+,34+,35+,37+,38-,40-,41-,42-/m0/s1. The average Bonchev–Trinajstić information content (AvgIpc) is 3.46. The second-order valence-corrected chi connectivity index (χ2v) is 17.8. The van der Waals surface area contributed by atoms with Gasteiger partial charge in [0.15, 0.2) is 11.6 Å². The maximum Gasteiger partial charge on any atom is 0.309 e. The minimum Gasteiger partial charge on any atom is -0.481 e. The van der Waals surface area contributed by atoms with Crippen LogP contribution < -0.4 is 5.73 Å². The normalized spacial score (nSPS) is 45.4. The topological polar surface area (TPSA) is 147 Å². The number of nitrogens with two attached hydrogens (primary N) is 1. The summed E-state index contributed by atoms with van der Waals surface area (Å²) >= 11 is 0. The fraction of sp³-hybridized carbons (Fsp3) is 0.905. The lowest BCUT2D eigenvalue weighted by molar-refractivity contribution is -0.396. The molecule has 0 amide bonds. The summed E-state index contributed by atoms with van der Waals surface area (Å²) in [7, 11) is 0. The number of carboxylic acid groups (broad SMARTS) is 1. The molecule has 5 aliphatic heterocycles. The van der Waals surface area contributed by atoms with Gasteiger partial charge in [-0.1, -0.05) is 67.9 Å². The largest absolute Gasteiger partial charge is 0.481 e. The Bertz CT molecular complexity index is 1280. The second kappa shape index (κ2) is 16.4. The lowest BCUT2D eigenvalue weighted by atomic mass is 9.72. The molecule has 4 N–H and O–H groups in total. The van der Waals surface area contributed by atoms with Gasteiger partial charge in [-0.3, -0.25) is 9.59 Å². The minimum absolute atomic E-state index is 0.0163. The Morgan fingerprint density at radius 1 is 0.904 bits per heavy atom. The molecular weight excluding hydrogens is 662 g/mol. The van der Waals surface area contributed by atoms with Gasteiger partial charge in [-0.05, 0) is 89.0 Å². The SMILES string of the molecule is CCC1CC[C@H]([C@]2(C)CC[C@@]3(O[C@]4(C=C[C@H]3N)O[C@H](C(CC)C(=O)[C@@H](C)[C@@H](O)[C@H](C)[C@@H]3O[C@@H](C(CC)C(=O)O)CC[C@@H]3C)[C@@H](C)C[C@H]4C)O2)O[C@H]1C. The predicted octanol–water partition coefficient (Wildman–Crippen LogP) is 7.04. The van der Waals surface area contributed by atoms with Crippen molar-refractivity contribution >= 4 is 11.8 Å². The molecule has 52 heavy (non-hydrogen) atoms. The summed E-state index contributed by atoms with van der Waals surface area (Å²) in [6.07, 6.45) is 9.74. The fourth-order valence-corrected chi connectivity index (χ4v) is 10.6. The summed E-state index contributed by atoms with van der Waals surface area (Å²) in [6, 6.07) is -0.481. The first-order chi connectivity index (χ1) is 24.5. The predicted molar refractivity (Wildman–Crippen MR) is 199 cm³/mol. The van der Waals surface area contributed by atoms with Crippen molar-refractivity contribution in [2.75, 3.05) is 0 Å². The zero-order valence-electron chi connectivity index (χ0n) is 33.7. The Morgan fingerprint density at radius 3 is 2.21 bits per heavy atom. The van der Waals surface area contributed by atoms with Gasteiger partial charge >= 0.3 is 5.97 Å². The fourth-order valence-electron chi connectivity index (χ4n) is 10.6. The summed E-state index contributed by atoms with van der Waals surface area (Å²) in [5, 5.41) is 21.5. The number of Topliss-reactive ketones (excluding diaryl/α,β-unsaturated/α-hetero) is 1. The molecule has 2 spiro atoms. The van der Waals surface area contributed by atoms with Crippen molar-refractivity contribution in [2.24, 2.45) is 53.1 Å². The van der Waals surface area contributed by atoms with Gasteiger partial charge in [0.1, 0.15) is 5.78 Å². The number of ether oxygens (including phenoxy) is 5. The molecule has 0 aromatic heterocycles. The molecule has 0 radical (unpaired) electrons. The zero-order valence-corrected chi connectivity index (χ0v) is 33.7. The van der Waals surface area contributed by atoms with Crippen molar-refractivity contribution in [2.45, 2.75) is 193 Å². The van der Waals surface area contributed by atoms with Gasteiger partial charge in [-0.15, -0.1) is 0 Å². The summed E-state index contributed by atoms with van der Waals surface area (Å²) < 4.78 is 34.1. The molecule has 4 fully saturated rings. The minimum atomic E-state index is -1.12. The van der Waals surface area contributed by atoms with E-state index in [0.717, 1.165) is 38.5 Å². The molecule has 4 saturated heterocycles. The molecule has 0 aliphatic carbocycles. The van der Waals surface area contributed by atoms with Crippen LogP contribution in [0, 0.1) is 47.3 Å². The first-order valence-electron chi connectivity index (χ1n) is 20.7. The van der Waals surface area contributed by atoms with Gasteiger partial charge < -0.3 is 39.6 Å². The molecule has 298 valence electrons. The number of carboxylic acids is 1. The van der Waals surface area contributed by atoms with Gasteiger partial charge in [-0.25, -0.2) is 0 Å². The summed E-state index contributed by atoms with van der Waals surface area (Å²) in [4.78, 5) is 26.4. The van der Waals surface area contributed by atoms with Crippen LogP contribution in [0.4, 0.5) is 0 Å². The van der Waals surface area contributed by atoms with Crippen molar-refractivity contribution in [1.82, 2.24) is 0 Å². The molecule has 0 aromatic carbocycles. The van der Waals surface area contributed by atoms with Crippen molar-refractivity contribution in [1.29, 1.82) is 0 Å². The quantitative estimate of drug-likeness (QED) is 0.179. The van der Waals surface area contributed by atoms with E-state index in [0.29, 0.717) is 31.6 Å². The molecule has 5 rings (SSSR count). The lowest BCUT2D eigenvalue weighted by Crippen LogP contribution is -2.64. The maximum absolute atomic E-state index is 14.4. The number of aliphatic carboxylic acids is 1. The molecule has 10 heteroatoms. The van der Waals surface area contributed by atoms with Crippen LogP contribution in [0.2, 0.25) is 0 Å². The smallest absolute Gasteiger partial charge is 0.309 e. The van der Waals surface area contributed by atoms with Crippen molar-refractivity contribution in [3.05, 3.63) is 12.2 Å². The summed E-state index contributed by atoms with van der Waals surface area (Å²) in [6.45, 7) is 20.5. The first-order valence-corrected chi connectivity index (χ1v) is 20.7. The summed E-state index contributed by atoms with van der Waals surface area (Å²) in [5.74, 6) is -4.42. The summed E-state index contributed by atoms with van der Waals surface area (Å²) in [5.41, 5.74) is 6.25. The number of carbonyl (C=O) groups is 2. The van der Waals surface area contributed by atoms with E-state index in [2.05, 4.69) is 41.5 Å². The van der Waals surface area contributed by atoms with E-state index < -0.39 is 65.3 Å². The molecule has 5 heterocycles. The average molecular weight is 734 g/mol. The number of ketones is 1. The van der Waals surface area contributed by atoms with E-state index >= 15 is 0 Å². The highest BCUT2D eigenvalue weighted by Gasteiger charge is 2.62. The Balaban J connectivity index is 1.31. The third kappa shape index (κ3) is 7.83. The molecule has 0 bridgehead atoms. The Hall–Kier alpha value is -1.40. The van der Waals surface area contributed by atoms with E-state index in [4.69, 9.17) is 29.4 Å². The zero-order chi connectivity index (χ0) is 38.3. The van der Waals surface area contributed by atoms with Gasteiger partial charge in [0.05, 0.1) is 54.2 Å². The van der Waals surface area contributed by atoms with Gasteiger partial charge in [0.2, 0.25) is 0 Å². The highest BCUT2D eigenvalue weighted by atomic mass is 16.8. The number of aliphatic hydroxyl groups is 1. The third-order valence-corrected chi connectivity index (χ3v) is 14.3. The Morgan fingerprint density at radius 2 is 1.60 bits per heavy atom. The van der Waals surface area contributed by atoms with Gasteiger partial charge in [0.25, 0.3) is 0 Å². The van der Waals surface area contributed by atoms with Crippen LogP contribution in [0.15, 0.2) is 12.2 Å². The van der Waals surface area contributed by atoms with Crippen LogP contribution in [0.5, 0.6) is 0 Å². The van der Waals surface area contributed by atoms with E-state index in [9.17, 15) is 19.8 Å². The number of carbonyl (C=O) groups excluding carboxylic acids is 1. The molecule has 10 nitrogen and oxygen atoms in total. The van der Waals surface area contributed by atoms with Crippen LogP contribution in [0.3, 0.4) is 0 Å². The third-order valence-electron chi connectivity index (χ3n) is 14.3. The van der Waals surface area contributed by atoms with Crippen molar-refractivity contribution in [3.8, 4) is 0 Å². The highest BCUT2D eigenvalue weighted by Crippen LogP contribution is 2.53. The van der Waals surface area contributed by atoms with E-state index in [1.165, 1.54) is 0 Å². The monoisotopic (exact) mass is 734 g/mol. The van der Waals surface area contributed by atoms with Crippen LogP contribution in [-0.2, 0) is 33.3 Å². The molecule has 5 aliphatic rings. The van der Waals surface area contributed by atoms with Crippen LogP contribution >= 0.6 is 0 Å². The number of hydrogen-bond acceptors (Lipinski definition) is 9. The molecule has 3 unspecified atom stereocenters. The Labute approximate surface area is 313 Å². The number of aliphatic hydroxyl groups excluding tert-OH is 1. The van der Waals surface area contributed by atoms with Gasteiger partial charge in [-0.2, -0.15) is 0 Å². The number of rotatable bonds is 12.